The summed E-state index contributed by atoms with van der Waals surface area (Å²) >= 11 is 6.83. The Morgan fingerprint density at radius 3 is 2.67 bits per heavy atom. The molecule has 3 heteroatoms. The Morgan fingerprint density at radius 2 is 2.07 bits per heavy atom. The van der Waals surface area contributed by atoms with Gasteiger partial charge in [0.25, 0.3) is 5.24 Å². The van der Waals surface area contributed by atoms with Crippen molar-refractivity contribution in [2.24, 2.45) is 0 Å². The first kappa shape index (κ1) is 10.4. The molecule has 0 aliphatic heterocycles. The molecule has 0 saturated heterocycles. The lowest BCUT2D eigenvalue weighted by atomic mass is 10.1. The van der Waals surface area contributed by atoms with Gasteiger partial charge in [-0.15, -0.1) is 11.3 Å². The van der Waals surface area contributed by atoms with Gasteiger partial charge in [0.15, 0.2) is 0 Å². The summed E-state index contributed by atoms with van der Waals surface area (Å²) in [5.41, 5.74) is 2.34. The van der Waals surface area contributed by atoms with Gasteiger partial charge in [-0.05, 0) is 36.2 Å². The highest BCUT2D eigenvalue weighted by atomic mass is 35.5. The highest BCUT2D eigenvalue weighted by molar-refractivity contribution is 7.18. The molecule has 1 nitrogen and oxygen atoms in total. The second-order valence-corrected chi connectivity index (χ2v) is 4.73. The molecule has 15 heavy (non-hydrogen) atoms. The van der Waals surface area contributed by atoms with Crippen LogP contribution in [-0.4, -0.2) is 5.24 Å². The number of benzene rings is 1. The molecule has 1 aromatic carbocycles. The Bertz CT molecular complexity index is 502. The SMILES string of the molecule is Cc1cccc(-c2ccc(C(=O)Cl)s2)c1. The third-order valence-electron chi connectivity index (χ3n) is 2.10. The van der Waals surface area contributed by atoms with Crippen molar-refractivity contribution < 1.29 is 4.79 Å². The fraction of sp³-hybridized carbons (Fsp3) is 0.0833. The first-order valence-corrected chi connectivity index (χ1v) is 5.73. The van der Waals surface area contributed by atoms with Crippen LogP contribution >= 0.6 is 22.9 Å². The minimum atomic E-state index is -0.390. The quantitative estimate of drug-likeness (QED) is 0.718. The molecule has 76 valence electrons. The van der Waals surface area contributed by atoms with Crippen LogP contribution in [0.5, 0.6) is 0 Å². The third-order valence-corrected chi connectivity index (χ3v) is 3.55. The van der Waals surface area contributed by atoms with E-state index in [4.69, 9.17) is 11.6 Å². The molecule has 0 aliphatic carbocycles. The van der Waals surface area contributed by atoms with Gasteiger partial charge in [0.2, 0.25) is 0 Å². The monoisotopic (exact) mass is 236 g/mol. The maximum Gasteiger partial charge on any atom is 0.262 e. The first-order chi connectivity index (χ1) is 7.16. The van der Waals surface area contributed by atoms with Crippen LogP contribution in [0.25, 0.3) is 10.4 Å². The number of carbonyl (C=O) groups excluding carboxylic acids is 1. The Balaban J connectivity index is 2.41. The van der Waals surface area contributed by atoms with Gasteiger partial charge in [-0.1, -0.05) is 29.8 Å². The molecule has 0 saturated carbocycles. The summed E-state index contributed by atoms with van der Waals surface area (Å²) < 4.78 is 0. The topological polar surface area (TPSA) is 17.1 Å². The van der Waals surface area contributed by atoms with Crippen LogP contribution in [0.2, 0.25) is 0 Å². The molecule has 0 unspecified atom stereocenters. The van der Waals surface area contributed by atoms with E-state index in [9.17, 15) is 4.79 Å². The molecular formula is C12H9ClOS. The van der Waals surface area contributed by atoms with Gasteiger partial charge in [-0.25, -0.2) is 0 Å². The summed E-state index contributed by atoms with van der Waals surface area (Å²) in [5, 5.41) is -0.390. The van der Waals surface area contributed by atoms with Crippen molar-refractivity contribution in [2.45, 2.75) is 6.92 Å². The number of hydrogen-bond donors (Lipinski definition) is 0. The molecule has 0 radical (unpaired) electrons. The molecule has 0 atom stereocenters. The van der Waals surface area contributed by atoms with Crippen molar-refractivity contribution in [1.82, 2.24) is 0 Å². The molecule has 1 heterocycles. The number of thiophene rings is 1. The van der Waals surface area contributed by atoms with Gasteiger partial charge in [0.1, 0.15) is 0 Å². The molecule has 2 aromatic rings. The molecule has 0 N–H and O–H groups in total. The zero-order valence-electron chi connectivity index (χ0n) is 8.16. The Hall–Kier alpha value is -1.12. The summed E-state index contributed by atoms with van der Waals surface area (Å²) in [6.07, 6.45) is 0. The van der Waals surface area contributed by atoms with Gasteiger partial charge in [-0.3, -0.25) is 4.79 Å². The summed E-state index contributed by atoms with van der Waals surface area (Å²) in [5.74, 6) is 0. The van der Waals surface area contributed by atoms with E-state index >= 15 is 0 Å². The number of halogens is 1. The van der Waals surface area contributed by atoms with Crippen LogP contribution in [0.3, 0.4) is 0 Å². The minimum absolute atomic E-state index is 0.390. The number of rotatable bonds is 2. The molecule has 0 spiro atoms. The minimum Gasteiger partial charge on any atom is -0.275 e. The normalized spacial score (nSPS) is 10.3. The zero-order chi connectivity index (χ0) is 10.8. The molecule has 0 fully saturated rings. The van der Waals surface area contributed by atoms with Crippen molar-refractivity contribution in [2.75, 3.05) is 0 Å². The predicted molar refractivity (Wildman–Crippen MR) is 64.7 cm³/mol. The van der Waals surface area contributed by atoms with Crippen molar-refractivity contribution in [3.8, 4) is 10.4 Å². The van der Waals surface area contributed by atoms with E-state index < -0.39 is 0 Å². The smallest absolute Gasteiger partial charge is 0.262 e. The highest BCUT2D eigenvalue weighted by Gasteiger charge is 2.07. The lowest BCUT2D eigenvalue weighted by molar-refractivity contribution is 0.108. The average molecular weight is 237 g/mol. The lowest BCUT2D eigenvalue weighted by Crippen LogP contribution is -1.78. The molecular weight excluding hydrogens is 228 g/mol. The molecule has 0 amide bonds. The molecule has 1 aromatic heterocycles. The van der Waals surface area contributed by atoms with E-state index in [2.05, 4.69) is 6.07 Å². The standard InChI is InChI=1S/C12H9ClOS/c1-8-3-2-4-9(7-8)10-5-6-11(15-10)12(13)14/h2-7H,1H3. The van der Waals surface area contributed by atoms with Crippen LogP contribution in [0.15, 0.2) is 36.4 Å². The van der Waals surface area contributed by atoms with Crippen LogP contribution in [0.4, 0.5) is 0 Å². The number of hydrogen-bond acceptors (Lipinski definition) is 2. The number of aryl methyl sites for hydroxylation is 1. The summed E-state index contributed by atoms with van der Waals surface area (Å²) in [6, 6.07) is 11.9. The fourth-order valence-corrected chi connectivity index (χ4v) is 2.41. The summed E-state index contributed by atoms with van der Waals surface area (Å²) in [7, 11) is 0. The van der Waals surface area contributed by atoms with E-state index in [1.807, 2.05) is 31.2 Å². The maximum absolute atomic E-state index is 10.9. The van der Waals surface area contributed by atoms with Crippen LogP contribution in [-0.2, 0) is 0 Å². The van der Waals surface area contributed by atoms with Crippen LogP contribution < -0.4 is 0 Å². The Morgan fingerprint density at radius 1 is 1.27 bits per heavy atom. The highest BCUT2D eigenvalue weighted by Crippen LogP contribution is 2.29. The van der Waals surface area contributed by atoms with Gasteiger partial charge < -0.3 is 0 Å². The average Bonchev–Trinajstić information content (AvgIpc) is 2.66. The summed E-state index contributed by atoms with van der Waals surface area (Å²) in [4.78, 5) is 12.6. The van der Waals surface area contributed by atoms with Gasteiger partial charge >= 0.3 is 0 Å². The van der Waals surface area contributed by atoms with Crippen LogP contribution in [0, 0.1) is 6.92 Å². The van der Waals surface area contributed by atoms with E-state index in [0.717, 1.165) is 10.4 Å². The fourth-order valence-electron chi connectivity index (χ4n) is 1.40. The summed E-state index contributed by atoms with van der Waals surface area (Å²) in [6.45, 7) is 2.05. The van der Waals surface area contributed by atoms with Crippen molar-refractivity contribution in [3.63, 3.8) is 0 Å². The second kappa shape index (κ2) is 4.17. The van der Waals surface area contributed by atoms with E-state index in [1.54, 1.807) is 6.07 Å². The van der Waals surface area contributed by atoms with E-state index in [0.29, 0.717) is 4.88 Å². The maximum atomic E-state index is 10.9. The predicted octanol–water partition coefficient (Wildman–Crippen LogP) is 4.10. The first-order valence-electron chi connectivity index (χ1n) is 4.53. The van der Waals surface area contributed by atoms with Gasteiger partial charge in [0, 0.05) is 4.88 Å². The van der Waals surface area contributed by atoms with E-state index in [1.165, 1.54) is 16.9 Å². The number of carbonyl (C=O) groups is 1. The molecule has 0 bridgehead atoms. The van der Waals surface area contributed by atoms with Gasteiger partial charge in [-0.2, -0.15) is 0 Å². The van der Waals surface area contributed by atoms with Crippen molar-refractivity contribution >= 4 is 28.2 Å². The molecule has 2 rings (SSSR count). The third kappa shape index (κ3) is 2.28. The van der Waals surface area contributed by atoms with Crippen LogP contribution in [0.1, 0.15) is 15.2 Å². The zero-order valence-corrected chi connectivity index (χ0v) is 9.73. The second-order valence-electron chi connectivity index (χ2n) is 3.31. The Kier molecular flexibility index (Phi) is 2.89. The molecule has 0 aliphatic rings. The largest absolute Gasteiger partial charge is 0.275 e. The van der Waals surface area contributed by atoms with E-state index in [-0.39, 0.29) is 5.24 Å². The lowest BCUT2D eigenvalue weighted by Gasteiger charge is -1.97. The van der Waals surface area contributed by atoms with Crippen molar-refractivity contribution in [1.29, 1.82) is 0 Å². The van der Waals surface area contributed by atoms with Crippen molar-refractivity contribution in [3.05, 3.63) is 46.8 Å². The van der Waals surface area contributed by atoms with Gasteiger partial charge in [0.05, 0.1) is 4.88 Å². The Labute approximate surface area is 97.3 Å².